The molecule has 0 bridgehead atoms. The third-order valence-corrected chi connectivity index (χ3v) is 3.39. The Hall–Kier alpha value is -1.33. The zero-order chi connectivity index (χ0) is 13.1. The molecule has 4 N–H and O–H groups in total. The highest BCUT2D eigenvalue weighted by atomic mass is 35.5. The van der Waals surface area contributed by atoms with Crippen molar-refractivity contribution in [1.82, 2.24) is 5.32 Å². The van der Waals surface area contributed by atoms with Crippen molar-refractivity contribution in [2.24, 2.45) is 5.73 Å². The molecule has 6 heteroatoms. The van der Waals surface area contributed by atoms with E-state index in [1.165, 1.54) is 0 Å². The molecule has 0 spiro atoms. The van der Waals surface area contributed by atoms with Crippen molar-refractivity contribution in [2.45, 2.75) is 18.9 Å². The number of nitrogens with two attached hydrogens (primary N) is 1. The number of hydrogen-bond acceptors (Lipinski definition) is 3. The second-order valence-corrected chi connectivity index (χ2v) is 5.04. The Labute approximate surface area is 116 Å². The van der Waals surface area contributed by atoms with Crippen LogP contribution >= 0.6 is 23.8 Å². The van der Waals surface area contributed by atoms with Gasteiger partial charge in [0.1, 0.15) is 11.0 Å². The van der Waals surface area contributed by atoms with E-state index in [1.54, 1.807) is 12.1 Å². The Morgan fingerprint density at radius 3 is 2.94 bits per heavy atom. The van der Waals surface area contributed by atoms with Gasteiger partial charge < -0.3 is 16.4 Å². The highest BCUT2D eigenvalue weighted by molar-refractivity contribution is 7.80. The van der Waals surface area contributed by atoms with E-state index in [2.05, 4.69) is 10.6 Å². The molecule has 0 aromatic heterocycles. The topological polar surface area (TPSA) is 67.2 Å². The molecule has 1 aliphatic rings. The van der Waals surface area contributed by atoms with Crippen LogP contribution in [0.2, 0.25) is 5.02 Å². The van der Waals surface area contributed by atoms with Crippen LogP contribution in [0, 0.1) is 0 Å². The highest BCUT2D eigenvalue weighted by Crippen LogP contribution is 2.22. The van der Waals surface area contributed by atoms with Crippen molar-refractivity contribution in [2.75, 3.05) is 11.9 Å². The summed E-state index contributed by atoms with van der Waals surface area (Å²) in [5, 5.41) is 6.47. The number of rotatable bonds is 3. The lowest BCUT2D eigenvalue weighted by atomic mass is 10.1. The maximum atomic E-state index is 11.6. The summed E-state index contributed by atoms with van der Waals surface area (Å²) in [7, 11) is 0. The molecular weight excluding hydrogens is 270 g/mol. The van der Waals surface area contributed by atoms with E-state index in [0.29, 0.717) is 10.6 Å². The monoisotopic (exact) mass is 283 g/mol. The molecule has 1 aromatic carbocycles. The van der Waals surface area contributed by atoms with Crippen LogP contribution in [0.4, 0.5) is 5.69 Å². The molecule has 96 valence electrons. The smallest absolute Gasteiger partial charge is 0.242 e. The van der Waals surface area contributed by atoms with E-state index in [1.807, 2.05) is 6.07 Å². The normalized spacial score (nSPS) is 19.2. The van der Waals surface area contributed by atoms with E-state index in [0.717, 1.165) is 25.1 Å². The van der Waals surface area contributed by atoms with Gasteiger partial charge in [-0.1, -0.05) is 23.8 Å². The van der Waals surface area contributed by atoms with Crippen LogP contribution in [0.15, 0.2) is 18.2 Å². The summed E-state index contributed by atoms with van der Waals surface area (Å²) >= 11 is 11.0. The minimum Gasteiger partial charge on any atom is -0.389 e. The molecule has 1 aliphatic heterocycles. The number of carbonyl (C=O) groups excluding carboxylic acids is 1. The molecule has 1 atom stereocenters. The maximum Gasteiger partial charge on any atom is 0.242 e. The SMILES string of the molecule is NC(=S)c1ccc(NC2CCCNC2=O)cc1Cl. The second-order valence-electron chi connectivity index (χ2n) is 4.19. The molecule has 1 fully saturated rings. The van der Waals surface area contributed by atoms with Gasteiger partial charge >= 0.3 is 0 Å². The van der Waals surface area contributed by atoms with Crippen LogP contribution in [0.1, 0.15) is 18.4 Å². The summed E-state index contributed by atoms with van der Waals surface area (Å²) in [6.07, 6.45) is 1.79. The van der Waals surface area contributed by atoms with E-state index in [9.17, 15) is 4.79 Å². The summed E-state index contributed by atoms with van der Waals surface area (Å²) < 4.78 is 0. The summed E-state index contributed by atoms with van der Waals surface area (Å²) in [4.78, 5) is 11.9. The van der Waals surface area contributed by atoms with E-state index in [4.69, 9.17) is 29.6 Å². The fraction of sp³-hybridized carbons (Fsp3) is 0.333. The summed E-state index contributed by atoms with van der Waals surface area (Å²) in [6.45, 7) is 0.748. The average molecular weight is 284 g/mol. The van der Waals surface area contributed by atoms with Gasteiger partial charge in [-0.15, -0.1) is 0 Å². The molecule has 1 heterocycles. The van der Waals surface area contributed by atoms with Crippen molar-refractivity contribution in [3.05, 3.63) is 28.8 Å². The van der Waals surface area contributed by atoms with Gasteiger partial charge in [-0.25, -0.2) is 0 Å². The Morgan fingerprint density at radius 2 is 2.33 bits per heavy atom. The predicted molar refractivity (Wildman–Crippen MR) is 77.0 cm³/mol. The van der Waals surface area contributed by atoms with Crippen LogP contribution in [0.5, 0.6) is 0 Å². The van der Waals surface area contributed by atoms with Gasteiger partial charge in [0.15, 0.2) is 0 Å². The summed E-state index contributed by atoms with van der Waals surface area (Å²) in [5.41, 5.74) is 6.97. The molecule has 2 rings (SSSR count). The van der Waals surface area contributed by atoms with Crippen LogP contribution in [-0.4, -0.2) is 23.5 Å². The molecule has 4 nitrogen and oxygen atoms in total. The molecule has 1 aromatic rings. The summed E-state index contributed by atoms with van der Waals surface area (Å²) in [6, 6.07) is 5.11. The first-order valence-electron chi connectivity index (χ1n) is 5.71. The molecular formula is C12H14ClN3OS. The van der Waals surface area contributed by atoms with Gasteiger partial charge in [0.2, 0.25) is 5.91 Å². The molecule has 1 unspecified atom stereocenters. The zero-order valence-electron chi connectivity index (χ0n) is 9.70. The largest absolute Gasteiger partial charge is 0.389 e. The number of halogens is 1. The maximum absolute atomic E-state index is 11.6. The van der Waals surface area contributed by atoms with Gasteiger partial charge in [-0.05, 0) is 31.0 Å². The number of carbonyl (C=O) groups is 1. The van der Waals surface area contributed by atoms with E-state index < -0.39 is 0 Å². The first kappa shape index (κ1) is 13.1. The number of nitrogens with one attached hydrogen (secondary N) is 2. The fourth-order valence-corrected chi connectivity index (χ4v) is 2.43. The minimum absolute atomic E-state index is 0.0239. The minimum atomic E-state index is -0.203. The molecule has 0 saturated carbocycles. The molecule has 18 heavy (non-hydrogen) atoms. The van der Waals surface area contributed by atoms with Crippen LogP contribution < -0.4 is 16.4 Å². The number of thiocarbonyl (C=S) groups is 1. The van der Waals surface area contributed by atoms with Gasteiger partial charge in [0.25, 0.3) is 0 Å². The summed E-state index contributed by atoms with van der Waals surface area (Å²) in [5.74, 6) is 0.0239. The van der Waals surface area contributed by atoms with Crippen molar-refractivity contribution in [3.8, 4) is 0 Å². The van der Waals surface area contributed by atoms with Crippen molar-refractivity contribution in [1.29, 1.82) is 0 Å². The Bertz CT molecular complexity index is 492. The Kier molecular flexibility index (Phi) is 4.04. The van der Waals surface area contributed by atoms with Gasteiger partial charge in [0, 0.05) is 17.8 Å². The Balaban J connectivity index is 2.12. The highest BCUT2D eigenvalue weighted by Gasteiger charge is 2.21. The van der Waals surface area contributed by atoms with Gasteiger partial charge in [0.05, 0.1) is 5.02 Å². The second kappa shape index (κ2) is 5.54. The third kappa shape index (κ3) is 2.91. The lowest BCUT2D eigenvalue weighted by molar-refractivity contribution is -0.123. The Morgan fingerprint density at radius 1 is 1.56 bits per heavy atom. The van der Waals surface area contributed by atoms with Crippen LogP contribution in [0.25, 0.3) is 0 Å². The fourth-order valence-electron chi connectivity index (χ4n) is 1.92. The number of benzene rings is 1. The molecule has 0 aliphatic carbocycles. The van der Waals surface area contributed by atoms with E-state index in [-0.39, 0.29) is 16.9 Å². The third-order valence-electron chi connectivity index (χ3n) is 2.86. The number of anilines is 1. The lowest BCUT2D eigenvalue weighted by Gasteiger charge is -2.23. The lowest BCUT2D eigenvalue weighted by Crippen LogP contribution is -2.44. The first-order chi connectivity index (χ1) is 8.58. The molecule has 1 amide bonds. The van der Waals surface area contributed by atoms with Gasteiger partial charge in [-0.3, -0.25) is 4.79 Å². The number of amides is 1. The standard InChI is InChI=1S/C12H14ClN3OS/c13-9-6-7(3-4-8(9)11(14)18)16-10-2-1-5-15-12(10)17/h3-4,6,10,16H,1-2,5H2,(H2,14,18)(H,15,17). The first-order valence-corrected chi connectivity index (χ1v) is 6.50. The van der Waals surface area contributed by atoms with Crippen molar-refractivity contribution in [3.63, 3.8) is 0 Å². The van der Waals surface area contributed by atoms with Crippen molar-refractivity contribution < 1.29 is 4.79 Å². The number of hydrogen-bond donors (Lipinski definition) is 3. The average Bonchev–Trinajstić information content (AvgIpc) is 2.32. The predicted octanol–water partition coefficient (Wildman–Crippen LogP) is 1.66. The van der Waals surface area contributed by atoms with Crippen LogP contribution in [0.3, 0.4) is 0 Å². The van der Waals surface area contributed by atoms with Gasteiger partial charge in [-0.2, -0.15) is 0 Å². The molecule has 0 radical (unpaired) electrons. The molecule has 1 saturated heterocycles. The van der Waals surface area contributed by atoms with Crippen LogP contribution in [-0.2, 0) is 4.79 Å². The number of piperidine rings is 1. The quantitative estimate of drug-likeness (QED) is 0.738. The van der Waals surface area contributed by atoms with Crippen molar-refractivity contribution >= 4 is 40.4 Å². The zero-order valence-corrected chi connectivity index (χ0v) is 11.3. The van der Waals surface area contributed by atoms with E-state index >= 15 is 0 Å².